The molecular weight excluding hydrogens is 164 g/mol. The van der Waals surface area contributed by atoms with Crippen LogP contribution in [0.25, 0.3) is 0 Å². The van der Waals surface area contributed by atoms with Crippen molar-refractivity contribution in [2.75, 3.05) is 13.1 Å². The predicted octanol–water partition coefficient (Wildman–Crippen LogP) is 0.736. The molecule has 3 heteroatoms. The summed E-state index contributed by atoms with van der Waals surface area (Å²) in [6.07, 6.45) is 5.12. The van der Waals surface area contributed by atoms with E-state index in [1.807, 2.05) is 4.90 Å². The Hall–Kier alpha value is -0.570. The molecule has 0 bridgehead atoms. The number of hydrogen-bond donors (Lipinski definition) is 1. The predicted molar refractivity (Wildman–Crippen MR) is 51.1 cm³/mol. The van der Waals surface area contributed by atoms with Crippen LogP contribution in [0, 0.1) is 5.41 Å². The zero-order chi connectivity index (χ0) is 9.47. The number of rotatable bonds is 3. The van der Waals surface area contributed by atoms with Gasteiger partial charge in [0, 0.05) is 13.1 Å². The molecule has 0 aromatic heterocycles. The number of nitrogens with zero attached hydrogens (tertiary/aromatic N) is 1. The quantitative estimate of drug-likeness (QED) is 0.654. The van der Waals surface area contributed by atoms with Crippen LogP contribution in [0.15, 0.2) is 0 Å². The Labute approximate surface area is 79.3 Å². The zero-order valence-electron chi connectivity index (χ0n) is 8.25. The Morgan fingerprint density at radius 1 is 1.62 bits per heavy atom. The van der Waals surface area contributed by atoms with E-state index in [1.165, 1.54) is 25.7 Å². The van der Waals surface area contributed by atoms with E-state index in [-0.39, 0.29) is 11.9 Å². The number of carbonyl (C=O) groups is 1. The van der Waals surface area contributed by atoms with Gasteiger partial charge in [0.05, 0.1) is 0 Å². The molecule has 3 nitrogen and oxygen atoms in total. The van der Waals surface area contributed by atoms with Gasteiger partial charge in [0.2, 0.25) is 5.91 Å². The van der Waals surface area contributed by atoms with E-state index in [0.717, 1.165) is 13.1 Å². The summed E-state index contributed by atoms with van der Waals surface area (Å²) in [6, 6.07) is -0.200. The van der Waals surface area contributed by atoms with Crippen LogP contribution in [0.4, 0.5) is 0 Å². The van der Waals surface area contributed by atoms with E-state index in [1.54, 1.807) is 0 Å². The molecule has 2 fully saturated rings. The minimum Gasteiger partial charge on any atom is -0.339 e. The maximum absolute atomic E-state index is 11.3. The van der Waals surface area contributed by atoms with Gasteiger partial charge in [0.15, 0.2) is 0 Å². The standard InChI is InChI=1S/C10H18N2O/c1-2-10(4-3-5-10)7-12-6-8(11)9(12)13/h8H,2-7,11H2,1H3. The smallest absolute Gasteiger partial charge is 0.241 e. The van der Waals surface area contributed by atoms with Crippen molar-refractivity contribution in [2.24, 2.45) is 11.1 Å². The molecular formula is C10H18N2O. The Morgan fingerprint density at radius 3 is 2.62 bits per heavy atom. The lowest BCUT2D eigenvalue weighted by Gasteiger charge is -2.48. The maximum atomic E-state index is 11.3. The van der Waals surface area contributed by atoms with E-state index in [0.29, 0.717) is 5.41 Å². The third kappa shape index (κ3) is 1.35. The molecule has 1 aliphatic carbocycles. The Bertz CT molecular complexity index is 217. The van der Waals surface area contributed by atoms with Crippen LogP contribution in [0.1, 0.15) is 32.6 Å². The van der Waals surface area contributed by atoms with E-state index in [9.17, 15) is 4.79 Å². The van der Waals surface area contributed by atoms with Crippen molar-refractivity contribution in [2.45, 2.75) is 38.6 Å². The van der Waals surface area contributed by atoms with Gasteiger partial charge in [-0.05, 0) is 24.7 Å². The van der Waals surface area contributed by atoms with Crippen LogP contribution >= 0.6 is 0 Å². The van der Waals surface area contributed by atoms with Crippen molar-refractivity contribution >= 4 is 5.91 Å². The molecule has 0 spiro atoms. The van der Waals surface area contributed by atoms with Gasteiger partial charge in [0.1, 0.15) is 6.04 Å². The maximum Gasteiger partial charge on any atom is 0.241 e. The minimum absolute atomic E-state index is 0.153. The fourth-order valence-corrected chi connectivity index (χ4v) is 2.38. The average molecular weight is 182 g/mol. The minimum atomic E-state index is -0.200. The highest BCUT2D eigenvalue weighted by Crippen LogP contribution is 2.44. The third-order valence-corrected chi connectivity index (χ3v) is 3.74. The molecule has 1 saturated heterocycles. The van der Waals surface area contributed by atoms with Crippen LogP contribution in [0.2, 0.25) is 0 Å². The molecule has 1 atom stereocenters. The summed E-state index contributed by atoms with van der Waals surface area (Å²) < 4.78 is 0. The molecule has 74 valence electrons. The fraction of sp³-hybridized carbons (Fsp3) is 0.900. The number of hydrogen-bond acceptors (Lipinski definition) is 2. The van der Waals surface area contributed by atoms with Gasteiger partial charge in [-0.1, -0.05) is 13.3 Å². The first kappa shape index (κ1) is 9.00. The molecule has 13 heavy (non-hydrogen) atoms. The molecule has 2 N–H and O–H groups in total. The summed E-state index contributed by atoms with van der Waals surface area (Å²) in [5.41, 5.74) is 6.00. The number of amides is 1. The van der Waals surface area contributed by atoms with Crippen molar-refractivity contribution < 1.29 is 4.79 Å². The highest BCUT2D eigenvalue weighted by Gasteiger charge is 2.42. The zero-order valence-corrected chi connectivity index (χ0v) is 8.25. The van der Waals surface area contributed by atoms with Gasteiger partial charge in [0.25, 0.3) is 0 Å². The molecule has 1 aliphatic heterocycles. The van der Waals surface area contributed by atoms with Crippen LogP contribution in [0.5, 0.6) is 0 Å². The van der Waals surface area contributed by atoms with Crippen molar-refractivity contribution in [1.29, 1.82) is 0 Å². The summed E-state index contributed by atoms with van der Waals surface area (Å²) in [6.45, 7) is 3.96. The monoisotopic (exact) mass is 182 g/mol. The van der Waals surface area contributed by atoms with Crippen LogP contribution in [-0.2, 0) is 4.79 Å². The SMILES string of the molecule is CCC1(CN2CC(N)C2=O)CCC1. The van der Waals surface area contributed by atoms with Gasteiger partial charge < -0.3 is 10.6 Å². The molecule has 0 aromatic carbocycles. The van der Waals surface area contributed by atoms with E-state index in [4.69, 9.17) is 5.73 Å². The molecule has 2 aliphatic rings. The van der Waals surface area contributed by atoms with Gasteiger partial charge in [-0.3, -0.25) is 4.79 Å². The number of carbonyl (C=O) groups excluding carboxylic acids is 1. The largest absolute Gasteiger partial charge is 0.339 e. The van der Waals surface area contributed by atoms with Crippen molar-refractivity contribution in [3.63, 3.8) is 0 Å². The van der Waals surface area contributed by atoms with Crippen LogP contribution in [0.3, 0.4) is 0 Å². The lowest BCUT2D eigenvalue weighted by molar-refractivity contribution is -0.146. The molecule has 2 rings (SSSR count). The molecule has 1 unspecified atom stereocenters. The second kappa shape index (κ2) is 2.98. The lowest BCUT2D eigenvalue weighted by Crippen LogP contribution is -2.63. The Morgan fingerprint density at radius 2 is 2.31 bits per heavy atom. The van der Waals surface area contributed by atoms with E-state index < -0.39 is 0 Å². The summed E-state index contributed by atoms with van der Waals surface area (Å²) in [4.78, 5) is 13.2. The van der Waals surface area contributed by atoms with Crippen LogP contribution in [-0.4, -0.2) is 29.9 Å². The fourth-order valence-electron chi connectivity index (χ4n) is 2.38. The van der Waals surface area contributed by atoms with Gasteiger partial charge >= 0.3 is 0 Å². The van der Waals surface area contributed by atoms with Gasteiger partial charge in [-0.25, -0.2) is 0 Å². The summed E-state index contributed by atoms with van der Waals surface area (Å²) in [5, 5.41) is 0. The first-order valence-corrected chi connectivity index (χ1v) is 5.21. The van der Waals surface area contributed by atoms with E-state index >= 15 is 0 Å². The second-order valence-electron chi connectivity index (χ2n) is 4.53. The Balaban J connectivity index is 1.87. The Kier molecular flexibility index (Phi) is 2.06. The molecule has 0 aromatic rings. The van der Waals surface area contributed by atoms with Crippen LogP contribution < -0.4 is 5.73 Å². The van der Waals surface area contributed by atoms with Crippen molar-refractivity contribution in [1.82, 2.24) is 4.90 Å². The summed E-state index contributed by atoms with van der Waals surface area (Å²) >= 11 is 0. The molecule has 0 radical (unpaired) electrons. The highest BCUT2D eigenvalue weighted by atomic mass is 16.2. The van der Waals surface area contributed by atoms with Gasteiger partial charge in [-0.15, -0.1) is 0 Å². The second-order valence-corrected chi connectivity index (χ2v) is 4.53. The highest BCUT2D eigenvalue weighted by molar-refractivity contribution is 5.87. The first-order chi connectivity index (χ1) is 6.17. The summed E-state index contributed by atoms with van der Waals surface area (Å²) in [7, 11) is 0. The van der Waals surface area contributed by atoms with Gasteiger partial charge in [-0.2, -0.15) is 0 Å². The first-order valence-electron chi connectivity index (χ1n) is 5.21. The molecule has 1 amide bonds. The topological polar surface area (TPSA) is 46.3 Å². The van der Waals surface area contributed by atoms with Crippen molar-refractivity contribution in [3.05, 3.63) is 0 Å². The molecule has 1 saturated carbocycles. The third-order valence-electron chi connectivity index (χ3n) is 3.74. The number of β-lactam (4-membered cyclic amide) rings is 1. The lowest BCUT2D eigenvalue weighted by atomic mass is 9.66. The summed E-state index contributed by atoms with van der Waals surface area (Å²) in [5.74, 6) is 0.153. The molecule has 1 heterocycles. The van der Waals surface area contributed by atoms with Crippen molar-refractivity contribution in [3.8, 4) is 0 Å². The average Bonchev–Trinajstić information content (AvgIpc) is 2.09. The number of likely N-dealkylation sites (tertiary alicyclic amines) is 1. The number of nitrogens with two attached hydrogens (primary N) is 1. The normalized spacial score (nSPS) is 31.1. The van der Waals surface area contributed by atoms with E-state index in [2.05, 4.69) is 6.92 Å².